The SMILES string of the molecule is CC(C)(C)C(C)(C)OB(c1ccc(N2CCCC2)cc1)C1CC1. The third-order valence-electron chi connectivity index (χ3n) is 5.97. The van der Waals surface area contributed by atoms with E-state index in [-0.39, 0.29) is 17.9 Å². The molecular formula is C20H32BNO. The predicted octanol–water partition coefficient (Wildman–Crippen LogP) is 4.49. The van der Waals surface area contributed by atoms with Crippen LogP contribution >= 0.6 is 0 Å². The summed E-state index contributed by atoms with van der Waals surface area (Å²) in [6.07, 6.45) is 5.27. The van der Waals surface area contributed by atoms with Gasteiger partial charge in [-0.15, -0.1) is 0 Å². The van der Waals surface area contributed by atoms with Crippen LogP contribution in [0.4, 0.5) is 5.69 Å². The van der Waals surface area contributed by atoms with E-state index in [9.17, 15) is 0 Å². The van der Waals surface area contributed by atoms with Crippen molar-refractivity contribution < 1.29 is 4.65 Å². The van der Waals surface area contributed by atoms with Crippen LogP contribution in [-0.2, 0) is 4.65 Å². The lowest BCUT2D eigenvalue weighted by Crippen LogP contribution is -2.48. The number of nitrogens with zero attached hydrogens (tertiary/aromatic N) is 1. The Labute approximate surface area is 142 Å². The van der Waals surface area contributed by atoms with Crippen LogP contribution in [-0.4, -0.2) is 25.6 Å². The Morgan fingerprint density at radius 2 is 1.52 bits per heavy atom. The summed E-state index contributed by atoms with van der Waals surface area (Å²) in [5.41, 5.74) is 2.73. The van der Waals surface area contributed by atoms with Gasteiger partial charge in [0.2, 0.25) is 0 Å². The van der Waals surface area contributed by atoms with Crippen LogP contribution in [0.5, 0.6) is 0 Å². The topological polar surface area (TPSA) is 12.5 Å². The highest BCUT2D eigenvalue weighted by molar-refractivity contribution is 6.69. The van der Waals surface area contributed by atoms with Crippen LogP contribution < -0.4 is 10.4 Å². The minimum Gasteiger partial charge on any atom is -0.425 e. The first kappa shape index (κ1) is 16.9. The molecule has 3 rings (SSSR count). The molecule has 0 aromatic heterocycles. The third kappa shape index (κ3) is 3.76. The van der Waals surface area contributed by atoms with E-state index in [4.69, 9.17) is 4.65 Å². The lowest BCUT2D eigenvalue weighted by molar-refractivity contribution is -0.000926. The van der Waals surface area contributed by atoms with Gasteiger partial charge in [-0.3, -0.25) is 0 Å². The van der Waals surface area contributed by atoms with Crippen LogP contribution in [0.1, 0.15) is 60.3 Å². The van der Waals surface area contributed by atoms with Gasteiger partial charge in [0.15, 0.2) is 0 Å². The number of rotatable bonds is 5. The molecule has 0 amide bonds. The van der Waals surface area contributed by atoms with Gasteiger partial charge in [-0.2, -0.15) is 0 Å². The molecule has 0 spiro atoms. The first-order valence-corrected chi connectivity index (χ1v) is 9.31. The third-order valence-corrected chi connectivity index (χ3v) is 5.97. The highest BCUT2D eigenvalue weighted by Gasteiger charge is 2.44. The van der Waals surface area contributed by atoms with Crippen LogP contribution in [0.15, 0.2) is 24.3 Å². The maximum atomic E-state index is 6.66. The van der Waals surface area contributed by atoms with E-state index < -0.39 is 0 Å². The number of anilines is 1. The van der Waals surface area contributed by atoms with Gasteiger partial charge in [0.05, 0.1) is 5.60 Å². The monoisotopic (exact) mass is 313 g/mol. The highest BCUT2D eigenvalue weighted by Crippen LogP contribution is 2.43. The Hall–Kier alpha value is -0.955. The molecule has 1 aliphatic carbocycles. The Morgan fingerprint density at radius 3 is 2.00 bits per heavy atom. The van der Waals surface area contributed by atoms with Crippen LogP contribution in [0.3, 0.4) is 0 Å². The van der Waals surface area contributed by atoms with E-state index in [1.807, 2.05) is 0 Å². The molecule has 1 saturated carbocycles. The van der Waals surface area contributed by atoms with Gasteiger partial charge < -0.3 is 9.55 Å². The summed E-state index contributed by atoms with van der Waals surface area (Å²) >= 11 is 0. The second kappa shape index (κ2) is 6.16. The molecule has 2 nitrogen and oxygen atoms in total. The molecule has 126 valence electrons. The average molecular weight is 313 g/mol. The summed E-state index contributed by atoms with van der Waals surface area (Å²) in [5, 5.41) is 0. The van der Waals surface area contributed by atoms with E-state index in [0.29, 0.717) is 5.82 Å². The molecule has 0 atom stereocenters. The smallest absolute Gasteiger partial charge is 0.330 e. The molecule has 1 aliphatic heterocycles. The maximum absolute atomic E-state index is 6.66. The molecule has 0 bridgehead atoms. The van der Waals surface area contributed by atoms with E-state index in [0.717, 1.165) is 0 Å². The van der Waals surface area contributed by atoms with Crippen molar-refractivity contribution >= 4 is 18.1 Å². The fourth-order valence-electron chi connectivity index (χ4n) is 3.18. The van der Waals surface area contributed by atoms with Crippen molar-refractivity contribution in [1.29, 1.82) is 0 Å². The molecule has 0 unspecified atom stereocenters. The zero-order valence-corrected chi connectivity index (χ0v) is 15.6. The van der Waals surface area contributed by atoms with Gasteiger partial charge in [-0.25, -0.2) is 0 Å². The molecule has 2 fully saturated rings. The average Bonchev–Trinajstić information content (AvgIpc) is 3.18. The molecule has 1 heterocycles. The standard InChI is InChI=1S/C20H32BNO/c1-19(2,3)20(4,5)23-21(16-8-9-16)17-10-12-18(13-11-17)22-14-6-7-15-22/h10-13,16H,6-9,14-15H2,1-5H3. The van der Waals surface area contributed by atoms with E-state index in [2.05, 4.69) is 63.8 Å². The summed E-state index contributed by atoms with van der Waals surface area (Å²) in [6, 6.07) is 9.19. The first-order chi connectivity index (χ1) is 10.8. The van der Waals surface area contributed by atoms with Crippen molar-refractivity contribution in [2.75, 3.05) is 18.0 Å². The molecule has 23 heavy (non-hydrogen) atoms. The van der Waals surface area contributed by atoms with Crippen LogP contribution in [0.25, 0.3) is 0 Å². The van der Waals surface area contributed by atoms with Crippen molar-refractivity contribution in [3.8, 4) is 0 Å². The van der Waals surface area contributed by atoms with E-state index in [1.54, 1.807) is 0 Å². The molecule has 2 aliphatic rings. The van der Waals surface area contributed by atoms with Gasteiger partial charge in [0, 0.05) is 18.8 Å². The van der Waals surface area contributed by atoms with Gasteiger partial charge in [-0.1, -0.05) is 45.7 Å². The van der Waals surface area contributed by atoms with Crippen LogP contribution in [0, 0.1) is 5.41 Å². The molecule has 0 N–H and O–H groups in total. The minimum atomic E-state index is -0.131. The van der Waals surface area contributed by atoms with Crippen molar-refractivity contribution in [3.05, 3.63) is 24.3 Å². The Kier molecular flexibility index (Phi) is 4.52. The molecular weight excluding hydrogens is 281 g/mol. The van der Waals surface area contributed by atoms with Crippen molar-refractivity contribution in [3.63, 3.8) is 0 Å². The number of hydrogen-bond acceptors (Lipinski definition) is 2. The number of benzene rings is 1. The second-order valence-electron chi connectivity index (χ2n) is 8.92. The second-order valence-corrected chi connectivity index (χ2v) is 8.92. The largest absolute Gasteiger partial charge is 0.425 e. The van der Waals surface area contributed by atoms with E-state index in [1.165, 1.54) is 49.9 Å². The molecule has 1 aromatic carbocycles. The molecule has 1 aromatic rings. The molecule has 1 saturated heterocycles. The summed E-state index contributed by atoms with van der Waals surface area (Å²) in [5.74, 6) is 0.703. The maximum Gasteiger partial charge on any atom is 0.330 e. The highest BCUT2D eigenvalue weighted by atomic mass is 16.5. The first-order valence-electron chi connectivity index (χ1n) is 9.31. The lowest BCUT2D eigenvalue weighted by Gasteiger charge is -2.41. The van der Waals surface area contributed by atoms with Crippen molar-refractivity contribution in [2.24, 2.45) is 5.41 Å². The Bertz CT molecular complexity index is 522. The van der Waals surface area contributed by atoms with Gasteiger partial charge >= 0.3 is 6.92 Å². The summed E-state index contributed by atoms with van der Waals surface area (Å²) in [6.45, 7) is 13.9. The minimum absolute atomic E-state index is 0.131. The quantitative estimate of drug-likeness (QED) is 0.743. The summed E-state index contributed by atoms with van der Waals surface area (Å²) in [4.78, 5) is 2.50. The fraction of sp³-hybridized carbons (Fsp3) is 0.700. The van der Waals surface area contributed by atoms with Gasteiger partial charge in [0.1, 0.15) is 0 Å². The lowest BCUT2D eigenvalue weighted by atomic mass is 9.55. The van der Waals surface area contributed by atoms with Crippen LogP contribution in [0.2, 0.25) is 5.82 Å². The zero-order valence-electron chi connectivity index (χ0n) is 15.6. The molecule has 0 radical (unpaired) electrons. The van der Waals surface area contributed by atoms with Crippen molar-refractivity contribution in [1.82, 2.24) is 0 Å². The summed E-state index contributed by atoms with van der Waals surface area (Å²) in [7, 11) is 0. The fourth-order valence-corrected chi connectivity index (χ4v) is 3.18. The summed E-state index contributed by atoms with van der Waals surface area (Å²) < 4.78 is 6.66. The van der Waals surface area contributed by atoms with Crippen molar-refractivity contribution in [2.45, 2.75) is 71.7 Å². The Balaban J connectivity index is 1.76. The van der Waals surface area contributed by atoms with Gasteiger partial charge in [-0.05, 0) is 55.5 Å². The normalized spacial score (nSPS) is 19.3. The zero-order chi connectivity index (χ0) is 16.7. The number of hydrogen-bond donors (Lipinski definition) is 0. The Morgan fingerprint density at radius 1 is 0.957 bits per heavy atom. The van der Waals surface area contributed by atoms with E-state index >= 15 is 0 Å². The predicted molar refractivity (Wildman–Crippen MR) is 101 cm³/mol. The molecule has 3 heteroatoms. The van der Waals surface area contributed by atoms with Gasteiger partial charge in [0.25, 0.3) is 0 Å².